The van der Waals surface area contributed by atoms with Crippen LogP contribution >= 0.6 is 0 Å². The number of hydrogen-bond acceptors (Lipinski definition) is 4. The molecule has 2 fully saturated rings. The van der Waals surface area contributed by atoms with Crippen LogP contribution in [0.3, 0.4) is 0 Å². The maximum Gasteiger partial charge on any atom is 0.260 e. The maximum absolute atomic E-state index is 12.6. The van der Waals surface area contributed by atoms with Crippen LogP contribution in [-0.4, -0.2) is 46.2 Å². The molecule has 4 rings (SSSR count). The predicted octanol–water partition coefficient (Wildman–Crippen LogP) is 3.64. The van der Waals surface area contributed by atoms with E-state index < -0.39 is 0 Å². The lowest BCUT2D eigenvalue weighted by atomic mass is 10.1. The Hall–Kier alpha value is -2.83. The van der Waals surface area contributed by atoms with E-state index in [0.717, 1.165) is 44.6 Å². The molecule has 1 saturated heterocycles. The molecule has 1 aromatic heterocycles. The van der Waals surface area contributed by atoms with E-state index in [1.807, 2.05) is 15.6 Å². The number of anilines is 1. The average Bonchev–Trinajstić information content (AvgIpc) is 3.45. The minimum absolute atomic E-state index is 0.0201. The van der Waals surface area contributed by atoms with E-state index in [2.05, 4.69) is 10.4 Å². The summed E-state index contributed by atoms with van der Waals surface area (Å²) in [4.78, 5) is 26.7. The van der Waals surface area contributed by atoms with Crippen LogP contribution in [0.25, 0.3) is 0 Å². The van der Waals surface area contributed by atoms with Crippen LogP contribution in [0.5, 0.6) is 5.75 Å². The highest BCUT2D eigenvalue weighted by molar-refractivity contribution is 6.03. The molecule has 1 aliphatic carbocycles. The van der Waals surface area contributed by atoms with Gasteiger partial charge in [0.2, 0.25) is 0 Å². The third-order valence-electron chi connectivity index (χ3n) is 5.77. The lowest BCUT2D eigenvalue weighted by molar-refractivity contribution is -0.134. The second-order valence-electron chi connectivity index (χ2n) is 7.81. The molecule has 0 radical (unpaired) electrons. The van der Waals surface area contributed by atoms with Gasteiger partial charge in [-0.05, 0) is 56.4 Å². The summed E-state index contributed by atoms with van der Waals surface area (Å²) >= 11 is 0. The Morgan fingerprint density at radius 1 is 1.00 bits per heavy atom. The van der Waals surface area contributed by atoms with Crippen molar-refractivity contribution in [2.24, 2.45) is 0 Å². The number of carbonyl (C=O) groups excluding carboxylic acids is 2. The molecule has 2 heterocycles. The number of aromatic nitrogens is 2. The number of benzene rings is 1. The topological polar surface area (TPSA) is 76.5 Å². The van der Waals surface area contributed by atoms with Crippen LogP contribution in [-0.2, 0) is 4.79 Å². The van der Waals surface area contributed by atoms with Gasteiger partial charge in [-0.15, -0.1) is 0 Å². The summed E-state index contributed by atoms with van der Waals surface area (Å²) < 4.78 is 7.54. The molecule has 0 bridgehead atoms. The molecule has 29 heavy (non-hydrogen) atoms. The zero-order valence-corrected chi connectivity index (χ0v) is 16.7. The van der Waals surface area contributed by atoms with Gasteiger partial charge in [0.25, 0.3) is 11.8 Å². The molecule has 1 aliphatic heterocycles. The Balaban J connectivity index is 1.31. The fourth-order valence-electron chi connectivity index (χ4n) is 4.12. The zero-order chi connectivity index (χ0) is 20.1. The highest BCUT2D eigenvalue weighted by Crippen LogP contribution is 2.31. The first-order chi connectivity index (χ1) is 14.2. The molecular formula is C22H28N4O3. The molecule has 154 valence electrons. The second kappa shape index (κ2) is 9.11. The first-order valence-electron chi connectivity index (χ1n) is 10.6. The van der Waals surface area contributed by atoms with Crippen molar-refractivity contribution in [3.05, 3.63) is 42.1 Å². The Kier molecular flexibility index (Phi) is 6.12. The van der Waals surface area contributed by atoms with E-state index >= 15 is 0 Å². The van der Waals surface area contributed by atoms with Gasteiger partial charge in [0.15, 0.2) is 6.61 Å². The average molecular weight is 396 g/mol. The summed E-state index contributed by atoms with van der Waals surface area (Å²) in [5.74, 6) is 1.16. The first-order valence-corrected chi connectivity index (χ1v) is 10.6. The van der Waals surface area contributed by atoms with Crippen LogP contribution in [0.2, 0.25) is 0 Å². The van der Waals surface area contributed by atoms with E-state index in [0.29, 0.717) is 17.4 Å². The maximum atomic E-state index is 12.6. The SMILES string of the molecule is O=C(Nc1ccnn1C1CCCC1)c1ccc(OCC(=O)N2CCCCC2)cc1. The highest BCUT2D eigenvalue weighted by Gasteiger charge is 2.21. The summed E-state index contributed by atoms with van der Waals surface area (Å²) in [7, 11) is 0. The molecule has 1 saturated carbocycles. The van der Waals surface area contributed by atoms with Gasteiger partial charge in [-0.2, -0.15) is 5.10 Å². The molecule has 0 unspecified atom stereocenters. The number of amides is 2. The smallest absolute Gasteiger partial charge is 0.260 e. The lowest BCUT2D eigenvalue weighted by Crippen LogP contribution is -2.38. The van der Waals surface area contributed by atoms with E-state index in [9.17, 15) is 9.59 Å². The number of carbonyl (C=O) groups is 2. The zero-order valence-electron chi connectivity index (χ0n) is 16.7. The minimum Gasteiger partial charge on any atom is -0.484 e. The monoisotopic (exact) mass is 396 g/mol. The van der Waals surface area contributed by atoms with Crippen LogP contribution in [0.15, 0.2) is 36.5 Å². The fourth-order valence-corrected chi connectivity index (χ4v) is 4.12. The Labute approximate surface area is 171 Å². The Morgan fingerprint density at radius 2 is 1.72 bits per heavy atom. The molecule has 0 atom stereocenters. The summed E-state index contributed by atoms with van der Waals surface area (Å²) in [5, 5.41) is 7.34. The predicted molar refractivity (Wildman–Crippen MR) is 110 cm³/mol. The number of nitrogens with zero attached hydrogens (tertiary/aromatic N) is 3. The van der Waals surface area contributed by atoms with Crippen molar-refractivity contribution >= 4 is 17.6 Å². The van der Waals surface area contributed by atoms with Gasteiger partial charge >= 0.3 is 0 Å². The number of likely N-dealkylation sites (tertiary alicyclic amines) is 1. The molecule has 2 amide bonds. The Morgan fingerprint density at radius 3 is 2.45 bits per heavy atom. The van der Waals surface area contributed by atoms with Crippen LogP contribution in [0.4, 0.5) is 5.82 Å². The third kappa shape index (κ3) is 4.78. The summed E-state index contributed by atoms with van der Waals surface area (Å²) in [6.07, 6.45) is 9.67. The van der Waals surface area contributed by atoms with Crippen LogP contribution in [0, 0.1) is 0 Å². The molecule has 1 N–H and O–H groups in total. The fraction of sp³-hybridized carbons (Fsp3) is 0.500. The summed E-state index contributed by atoms with van der Waals surface area (Å²) in [6.45, 7) is 1.67. The van der Waals surface area contributed by atoms with Crippen molar-refractivity contribution < 1.29 is 14.3 Å². The normalized spacial score (nSPS) is 17.3. The quantitative estimate of drug-likeness (QED) is 0.809. The van der Waals surface area contributed by atoms with Gasteiger partial charge in [0.05, 0.1) is 12.2 Å². The van der Waals surface area contributed by atoms with Gasteiger partial charge in [-0.3, -0.25) is 9.59 Å². The second-order valence-corrected chi connectivity index (χ2v) is 7.81. The van der Waals surface area contributed by atoms with Crippen molar-refractivity contribution in [3.8, 4) is 5.75 Å². The van der Waals surface area contributed by atoms with Crippen molar-refractivity contribution in [3.63, 3.8) is 0 Å². The van der Waals surface area contributed by atoms with Crippen molar-refractivity contribution in [2.45, 2.75) is 51.0 Å². The number of nitrogens with one attached hydrogen (secondary N) is 1. The Bertz CT molecular complexity index is 834. The van der Waals surface area contributed by atoms with Crippen LogP contribution < -0.4 is 10.1 Å². The molecular weight excluding hydrogens is 368 g/mol. The molecule has 2 aromatic rings. The molecule has 7 heteroatoms. The number of piperidine rings is 1. The number of ether oxygens (including phenoxy) is 1. The lowest BCUT2D eigenvalue weighted by Gasteiger charge is -2.26. The van der Waals surface area contributed by atoms with E-state index in [1.165, 1.54) is 19.3 Å². The first kappa shape index (κ1) is 19.5. The van der Waals surface area contributed by atoms with Gasteiger partial charge in [-0.25, -0.2) is 4.68 Å². The molecule has 7 nitrogen and oxygen atoms in total. The van der Waals surface area contributed by atoms with Crippen molar-refractivity contribution in [1.29, 1.82) is 0 Å². The van der Waals surface area contributed by atoms with Gasteiger partial charge in [-0.1, -0.05) is 12.8 Å². The summed E-state index contributed by atoms with van der Waals surface area (Å²) in [6, 6.07) is 9.09. The third-order valence-corrected chi connectivity index (χ3v) is 5.77. The van der Waals surface area contributed by atoms with E-state index in [4.69, 9.17) is 4.74 Å². The van der Waals surface area contributed by atoms with Gasteiger partial charge < -0.3 is 15.0 Å². The van der Waals surface area contributed by atoms with E-state index in [-0.39, 0.29) is 18.4 Å². The molecule has 1 aromatic carbocycles. The largest absolute Gasteiger partial charge is 0.484 e. The minimum atomic E-state index is -0.180. The van der Waals surface area contributed by atoms with Gasteiger partial charge in [0.1, 0.15) is 11.6 Å². The van der Waals surface area contributed by atoms with Crippen LogP contribution in [0.1, 0.15) is 61.3 Å². The summed E-state index contributed by atoms with van der Waals surface area (Å²) in [5.41, 5.74) is 0.541. The van der Waals surface area contributed by atoms with Crippen molar-refractivity contribution in [2.75, 3.05) is 25.0 Å². The number of hydrogen-bond donors (Lipinski definition) is 1. The standard InChI is InChI=1S/C22H28N4O3/c27-21(25-14-4-1-5-15-25)16-29-19-10-8-17(9-11-19)22(28)24-20-12-13-23-26(20)18-6-2-3-7-18/h8-13,18H,1-7,14-16H2,(H,24,28). The van der Waals surface area contributed by atoms with Crippen molar-refractivity contribution in [1.82, 2.24) is 14.7 Å². The van der Waals surface area contributed by atoms with Gasteiger partial charge in [0, 0.05) is 24.7 Å². The number of rotatable bonds is 6. The molecule has 2 aliphatic rings. The van der Waals surface area contributed by atoms with E-state index in [1.54, 1.807) is 30.5 Å². The highest BCUT2D eigenvalue weighted by atomic mass is 16.5. The molecule has 0 spiro atoms.